The van der Waals surface area contributed by atoms with E-state index in [0.717, 1.165) is 11.6 Å². The lowest BCUT2D eigenvalue weighted by atomic mass is 9.96. The Morgan fingerprint density at radius 2 is 2.00 bits per heavy atom. The smallest absolute Gasteiger partial charge is 0.165 e. The predicted molar refractivity (Wildman–Crippen MR) is 45.2 cm³/mol. The second-order valence-corrected chi connectivity index (χ2v) is 3.32. The number of hydrogen-bond donors (Lipinski definition) is 0. The molecule has 0 N–H and O–H groups in total. The molecule has 0 saturated heterocycles. The van der Waals surface area contributed by atoms with Gasteiger partial charge in [-0.3, -0.25) is 0 Å². The molecule has 0 fully saturated rings. The summed E-state index contributed by atoms with van der Waals surface area (Å²) in [5.74, 6) is 0.127. The summed E-state index contributed by atoms with van der Waals surface area (Å²) in [5, 5.41) is 0. The van der Waals surface area contributed by atoms with Gasteiger partial charge in [-0.05, 0) is 24.0 Å². The summed E-state index contributed by atoms with van der Waals surface area (Å²) in [6.45, 7) is 3.74. The van der Waals surface area contributed by atoms with Crippen molar-refractivity contribution < 1.29 is 13.2 Å². The highest BCUT2D eigenvalue weighted by atomic mass is 19.4. The van der Waals surface area contributed by atoms with Crippen molar-refractivity contribution in [2.24, 2.45) is 5.92 Å². The maximum absolute atomic E-state index is 12.2. The van der Waals surface area contributed by atoms with Crippen molar-refractivity contribution in [2.45, 2.75) is 26.4 Å². The van der Waals surface area contributed by atoms with Gasteiger partial charge in [0.05, 0.1) is 5.57 Å². The standard InChI is InChI=1S/C10H11F3/c1-7(2)8-4-3-5-9(6-8)10(11,12)13/h3,5,7H,4H2,1-2H3. The van der Waals surface area contributed by atoms with Crippen LogP contribution in [0, 0.1) is 5.92 Å². The summed E-state index contributed by atoms with van der Waals surface area (Å²) >= 11 is 0. The van der Waals surface area contributed by atoms with Gasteiger partial charge in [-0.1, -0.05) is 19.9 Å². The molecule has 0 aromatic carbocycles. The summed E-state index contributed by atoms with van der Waals surface area (Å²) in [6, 6.07) is 0. The molecule has 3 heteroatoms. The molecule has 0 unspecified atom stereocenters. The Morgan fingerprint density at radius 3 is 2.46 bits per heavy atom. The van der Waals surface area contributed by atoms with E-state index in [1.54, 1.807) is 0 Å². The fourth-order valence-electron chi connectivity index (χ4n) is 1.11. The zero-order valence-electron chi connectivity index (χ0n) is 7.57. The Balaban J connectivity index is 3.08. The predicted octanol–water partition coefficient (Wildman–Crippen LogP) is 3.62. The first-order valence-corrected chi connectivity index (χ1v) is 4.14. The SMILES string of the molecule is CC(C)C1=C=C(C(F)(F)F)C=CC1. The van der Waals surface area contributed by atoms with Crippen LogP contribution in [0.15, 0.2) is 29.0 Å². The molecule has 0 aromatic heterocycles. The van der Waals surface area contributed by atoms with Crippen LogP contribution in [0.1, 0.15) is 20.3 Å². The lowest BCUT2D eigenvalue weighted by molar-refractivity contribution is -0.0881. The minimum atomic E-state index is -4.27. The van der Waals surface area contributed by atoms with Crippen molar-refractivity contribution in [1.82, 2.24) is 0 Å². The summed E-state index contributed by atoms with van der Waals surface area (Å²) < 4.78 is 36.6. The highest BCUT2D eigenvalue weighted by molar-refractivity contribution is 5.31. The first-order valence-electron chi connectivity index (χ1n) is 4.14. The molecule has 0 heterocycles. The molecular formula is C10H11F3. The quantitative estimate of drug-likeness (QED) is 0.551. The van der Waals surface area contributed by atoms with Crippen LogP contribution in [0.3, 0.4) is 0 Å². The van der Waals surface area contributed by atoms with Crippen LogP contribution in [0.2, 0.25) is 0 Å². The van der Waals surface area contributed by atoms with Crippen molar-refractivity contribution in [1.29, 1.82) is 0 Å². The van der Waals surface area contributed by atoms with Crippen LogP contribution in [0.5, 0.6) is 0 Å². The molecule has 72 valence electrons. The molecule has 1 aliphatic carbocycles. The minimum absolute atomic E-state index is 0.127. The van der Waals surface area contributed by atoms with Crippen LogP contribution in [0.4, 0.5) is 13.2 Å². The van der Waals surface area contributed by atoms with Gasteiger partial charge in [0.2, 0.25) is 0 Å². The largest absolute Gasteiger partial charge is 0.423 e. The van der Waals surface area contributed by atoms with E-state index < -0.39 is 11.7 Å². The lowest BCUT2D eigenvalue weighted by Crippen LogP contribution is -2.11. The van der Waals surface area contributed by atoms with Gasteiger partial charge in [0.25, 0.3) is 0 Å². The summed E-state index contributed by atoms with van der Waals surface area (Å²) in [7, 11) is 0. The second kappa shape index (κ2) is 3.43. The van der Waals surface area contributed by atoms with E-state index in [4.69, 9.17) is 0 Å². The Kier molecular flexibility index (Phi) is 2.67. The van der Waals surface area contributed by atoms with E-state index in [1.807, 2.05) is 13.8 Å². The van der Waals surface area contributed by atoms with Crippen LogP contribution in [0.25, 0.3) is 0 Å². The van der Waals surface area contributed by atoms with E-state index in [1.165, 1.54) is 6.08 Å². The zero-order valence-corrected chi connectivity index (χ0v) is 7.57. The number of allylic oxidation sites excluding steroid dienone is 3. The van der Waals surface area contributed by atoms with E-state index in [0.29, 0.717) is 6.42 Å². The van der Waals surface area contributed by atoms with Crippen molar-refractivity contribution in [3.63, 3.8) is 0 Å². The number of hydrogen-bond acceptors (Lipinski definition) is 0. The van der Waals surface area contributed by atoms with Gasteiger partial charge in [-0.2, -0.15) is 13.2 Å². The topological polar surface area (TPSA) is 0 Å². The van der Waals surface area contributed by atoms with Gasteiger partial charge in [-0.25, -0.2) is 0 Å². The minimum Gasteiger partial charge on any atom is -0.165 e. The van der Waals surface area contributed by atoms with Crippen LogP contribution in [-0.4, -0.2) is 6.18 Å². The van der Waals surface area contributed by atoms with Crippen molar-refractivity contribution in [3.8, 4) is 0 Å². The van der Waals surface area contributed by atoms with E-state index in [2.05, 4.69) is 5.73 Å². The Hall–Kier alpha value is -0.950. The van der Waals surface area contributed by atoms with Crippen molar-refractivity contribution in [2.75, 3.05) is 0 Å². The van der Waals surface area contributed by atoms with Gasteiger partial charge in [-0.15, -0.1) is 5.73 Å². The van der Waals surface area contributed by atoms with E-state index >= 15 is 0 Å². The first-order chi connectivity index (χ1) is 5.91. The maximum Gasteiger partial charge on any atom is 0.423 e. The molecule has 0 radical (unpaired) electrons. The molecule has 0 bridgehead atoms. The Labute approximate surface area is 75.4 Å². The fourth-order valence-corrected chi connectivity index (χ4v) is 1.11. The van der Waals surface area contributed by atoms with Crippen molar-refractivity contribution in [3.05, 3.63) is 29.0 Å². The molecule has 0 spiro atoms. The molecule has 0 nitrogen and oxygen atoms in total. The number of rotatable bonds is 1. The average molecular weight is 188 g/mol. The summed E-state index contributed by atoms with van der Waals surface area (Å²) in [6.07, 6.45) is -1.06. The van der Waals surface area contributed by atoms with E-state index in [9.17, 15) is 13.2 Å². The fraction of sp³-hybridized carbons (Fsp3) is 0.500. The summed E-state index contributed by atoms with van der Waals surface area (Å²) in [5.41, 5.74) is 2.47. The molecule has 1 rings (SSSR count). The lowest BCUT2D eigenvalue weighted by Gasteiger charge is -2.12. The van der Waals surface area contributed by atoms with Crippen LogP contribution in [-0.2, 0) is 0 Å². The zero-order chi connectivity index (χ0) is 10.1. The molecule has 1 aliphatic rings. The van der Waals surface area contributed by atoms with Gasteiger partial charge in [0.15, 0.2) is 0 Å². The third-order valence-corrected chi connectivity index (χ3v) is 1.92. The molecule has 0 aliphatic heterocycles. The van der Waals surface area contributed by atoms with E-state index in [-0.39, 0.29) is 5.92 Å². The van der Waals surface area contributed by atoms with Gasteiger partial charge < -0.3 is 0 Å². The molecule has 0 amide bonds. The highest BCUT2D eigenvalue weighted by Crippen LogP contribution is 2.29. The Bertz CT molecular complexity index is 286. The first kappa shape index (κ1) is 10.1. The molecule has 13 heavy (non-hydrogen) atoms. The third-order valence-electron chi connectivity index (χ3n) is 1.92. The monoisotopic (exact) mass is 188 g/mol. The number of halogens is 3. The van der Waals surface area contributed by atoms with Crippen LogP contribution >= 0.6 is 0 Å². The molecule has 0 atom stereocenters. The molecular weight excluding hydrogens is 177 g/mol. The molecule has 0 aromatic rings. The third kappa shape index (κ3) is 2.49. The average Bonchev–Trinajstić information content (AvgIpc) is 2.03. The Morgan fingerprint density at radius 1 is 1.38 bits per heavy atom. The normalized spacial score (nSPS) is 17.4. The van der Waals surface area contributed by atoms with Gasteiger partial charge in [0.1, 0.15) is 0 Å². The second-order valence-electron chi connectivity index (χ2n) is 3.32. The maximum atomic E-state index is 12.2. The number of alkyl halides is 3. The highest BCUT2D eigenvalue weighted by Gasteiger charge is 2.32. The van der Waals surface area contributed by atoms with Crippen LogP contribution < -0.4 is 0 Å². The van der Waals surface area contributed by atoms with Gasteiger partial charge in [0, 0.05) is 0 Å². The van der Waals surface area contributed by atoms with Crippen molar-refractivity contribution >= 4 is 0 Å². The summed E-state index contributed by atoms with van der Waals surface area (Å²) in [4.78, 5) is 0. The molecule has 0 saturated carbocycles. The van der Waals surface area contributed by atoms with Gasteiger partial charge >= 0.3 is 6.18 Å².